The number of amides is 1. The minimum atomic E-state index is -4.70. The molecule has 5 rings (SSSR count). The van der Waals surface area contributed by atoms with Crippen molar-refractivity contribution < 1.29 is 32.2 Å². The topological polar surface area (TPSA) is 93.3 Å². The number of ketones is 1. The van der Waals surface area contributed by atoms with Crippen molar-refractivity contribution in [2.45, 2.75) is 25.3 Å². The van der Waals surface area contributed by atoms with Crippen molar-refractivity contribution in [1.29, 1.82) is 0 Å². The predicted molar refractivity (Wildman–Crippen MR) is 147 cm³/mol. The van der Waals surface area contributed by atoms with Crippen LogP contribution in [0, 0.1) is 0 Å². The molecular weight excluding hydrogens is 582 g/mol. The van der Waals surface area contributed by atoms with E-state index in [1.165, 1.54) is 30.5 Å². The lowest BCUT2D eigenvalue weighted by Gasteiger charge is -2.13. The number of anilines is 1. The zero-order valence-electron chi connectivity index (χ0n) is 21.2. The zero-order chi connectivity index (χ0) is 29.1. The van der Waals surface area contributed by atoms with E-state index in [2.05, 4.69) is 15.5 Å². The fraction of sp³-hybridized carbons (Fsp3) is 0.207. The Balaban J connectivity index is 1.40. The predicted octanol–water partition coefficient (Wildman–Crippen LogP) is 7.19. The highest BCUT2D eigenvalue weighted by molar-refractivity contribution is 6.32. The quantitative estimate of drug-likeness (QED) is 0.208. The third-order valence-electron chi connectivity index (χ3n) is 6.47. The number of carbonyl (C=O) groups excluding carboxylic acids is 2. The lowest BCUT2D eigenvalue weighted by molar-refractivity contribution is -0.137. The summed E-state index contributed by atoms with van der Waals surface area (Å²) in [6, 6.07) is 14.5. The fourth-order valence-corrected chi connectivity index (χ4v) is 4.78. The summed E-state index contributed by atoms with van der Waals surface area (Å²) in [6.45, 7) is 1.50. The number of carbonyl (C=O) groups is 2. The van der Waals surface area contributed by atoms with Crippen molar-refractivity contribution in [1.82, 2.24) is 10.2 Å². The Kier molecular flexibility index (Phi) is 8.46. The molecule has 1 amide bonds. The Morgan fingerprint density at radius 1 is 1.07 bits per heavy atom. The number of nitrogens with one attached hydrogen (secondary N) is 2. The van der Waals surface area contributed by atoms with Gasteiger partial charge in [0.05, 0.1) is 41.2 Å². The zero-order valence-corrected chi connectivity index (χ0v) is 22.7. The van der Waals surface area contributed by atoms with Crippen molar-refractivity contribution in [3.05, 3.63) is 105 Å². The molecule has 0 bridgehead atoms. The molecule has 0 spiro atoms. The average Bonchev–Trinajstić information content (AvgIpc) is 3.65. The van der Waals surface area contributed by atoms with Gasteiger partial charge in [0.2, 0.25) is 0 Å². The Bertz CT molecular complexity index is 1600. The van der Waals surface area contributed by atoms with Crippen LogP contribution in [0.3, 0.4) is 0 Å². The van der Waals surface area contributed by atoms with Crippen molar-refractivity contribution in [2.75, 3.05) is 18.5 Å². The summed E-state index contributed by atoms with van der Waals surface area (Å²) in [6.07, 6.45) is -2.61. The molecule has 0 aliphatic carbocycles. The van der Waals surface area contributed by atoms with Gasteiger partial charge in [-0.05, 0) is 54.4 Å². The smallest absolute Gasteiger partial charge is 0.379 e. The SMILES string of the molecule is O=C(Nc1ccc(Cl)cc1C(=O)c1c[nH]nc1-c1ccc(Cl)c(C(F)(F)F)c1)c1cccc(COC2CCOC2)c1. The molecule has 1 aromatic heterocycles. The Hall–Kier alpha value is -3.70. The van der Waals surface area contributed by atoms with Gasteiger partial charge in [0.25, 0.3) is 5.91 Å². The van der Waals surface area contributed by atoms with Crippen LogP contribution in [-0.2, 0) is 22.3 Å². The van der Waals surface area contributed by atoms with Crippen LogP contribution in [-0.4, -0.2) is 41.2 Å². The summed E-state index contributed by atoms with van der Waals surface area (Å²) in [5.41, 5.74) is 0.254. The molecule has 7 nitrogen and oxygen atoms in total. The number of benzene rings is 3. The first-order valence-corrected chi connectivity index (χ1v) is 13.2. The van der Waals surface area contributed by atoms with Crippen LogP contribution in [0.4, 0.5) is 18.9 Å². The van der Waals surface area contributed by atoms with E-state index >= 15 is 0 Å². The van der Waals surface area contributed by atoms with Gasteiger partial charge in [-0.3, -0.25) is 14.7 Å². The second-order valence-electron chi connectivity index (χ2n) is 9.31. The van der Waals surface area contributed by atoms with Gasteiger partial charge in [0.15, 0.2) is 5.78 Å². The van der Waals surface area contributed by atoms with Crippen LogP contribution in [0.15, 0.2) is 66.9 Å². The summed E-state index contributed by atoms with van der Waals surface area (Å²) in [7, 11) is 0. The van der Waals surface area contributed by atoms with Crippen LogP contribution in [0.5, 0.6) is 0 Å². The number of ether oxygens (including phenoxy) is 2. The molecule has 2 heterocycles. The van der Waals surface area contributed by atoms with Crippen molar-refractivity contribution in [2.24, 2.45) is 0 Å². The number of rotatable bonds is 8. The van der Waals surface area contributed by atoms with Gasteiger partial charge in [-0.15, -0.1) is 0 Å². The fourth-order valence-electron chi connectivity index (χ4n) is 4.39. The Morgan fingerprint density at radius 2 is 1.90 bits per heavy atom. The van der Waals surface area contributed by atoms with Gasteiger partial charge in [-0.2, -0.15) is 18.3 Å². The normalized spacial score (nSPS) is 15.2. The minimum absolute atomic E-state index is 0.0101. The van der Waals surface area contributed by atoms with Crippen LogP contribution in [0.25, 0.3) is 11.3 Å². The average molecular weight is 604 g/mol. The van der Waals surface area contributed by atoms with E-state index in [0.29, 0.717) is 25.4 Å². The van der Waals surface area contributed by atoms with Crippen LogP contribution < -0.4 is 5.32 Å². The number of hydrogen-bond acceptors (Lipinski definition) is 5. The maximum Gasteiger partial charge on any atom is 0.417 e. The van der Waals surface area contributed by atoms with Crippen molar-refractivity contribution >= 4 is 40.6 Å². The molecular formula is C29H22Cl2F3N3O4. The summed E-state index contributed by atoms with van der Waals surface area (Å²) >= 11 is 11.9. The summed E-state index contributed by atoms with van der Waals surface area (Å²) in [4.78, 5) is 26.8. The first-order valence-electron chi connectivity index (χ1n) is 12.4. The van der Waals surface area contributed by atoms with Gasteiger partial charge in [-0.1, -0.05) is 41.4 Å². The van der Waals surface area contributed by atoms with Gasteiger partial charge in [-0.25, -0.2) is 0 Å². The highest BCUT2D eigenvalue weighted by Crippen LogP contribution is 2.38. The molecule has 0 radical (unpaired) electrons. The first kappa shape index (κ1) is 28.8. The molecule has 41 heavy (non-hydrogen) atoms. The number of hydrogen-bond donors (Lipinski definition) is 2. The molecule has 212 valence electrons. The molecule has 1 fully saturated rings. The lowest BCUT2D eigenvalue weighted by atomic mass is 9.98. The lowest BCUT2D eigenvalue weighted by Crippen LogP contribution is -2.16. The third-order valence-corrected chi connectivity index (χ3v) is 7.03. The highest BCUT2D eigenvalue weighted by atomic mass is 35.5. The second-order valence-corrected chi connectivity index (χ2v) is 10.2. The summed E-state index contributed by atoms with van der Waals surface area (Å²) < 4.78 is 51.5. The van der Waals surface area contributed by atoms with Crippen LogP contribution in [0.2, 0.25) is 10.0 Å². The second kappa shape index (κ2) is 12.0. The van der Waals surface area contributed by atoms with Gasteiger partial charge in [0, 0.05) is 34.5 Å². The molecule has 1 unspecified atom stereocenters. The maximum absolute atomic E-state index is 13.7. The third kappa shape index (κ3) is 6.62. The number of alkyl halides is 3. The van der Waals surface area contributed by atoms with E-state index in [1.807, 2.05) is 6.07 Å². The molecule has 1 aliphatic rings. The first-order chi connectivity index (χ1) is 19.6. The van der Waals surface area contributed by atoms with Crippen molar-refractivity contribution in [3.8, 4) is 11.3 Å². The summed E-state index contributed by atoms with van der Waals surface area (Å²) in [5, 5.41) is 9.02. The van der Waals surface area contributed by atoms with Gasteiger partial charge >= 0.3 is 6.18 Å². The standard InChI is InChI=1S/C29H22Cl2F3N3O4/c30-19-5-7-25(36-28(39)18-3-1-2-16(10-18)14-41-20-8-9-40-15-20)21(12-19)27(38)22-13-35-37-26(22)17-4-6-24(31)23(11-17)29(32,33)34/h1-7,10-13,20H,8-9,14-15H2,(H,35,37)(H,36,39). The highest BCUT2D eigenvalue weighted by Gasteiger charge is 2.34. The molecule has 1 aliphatic heterocycles. The van der Waals surface area contributed by atoms with E-state index in [0.717, 1.165) is 24.1 Å². The molecule has 1 atom stereocenters. The van der Waals surface area contributed by atoms with E-state index < -0.39 is 28.5 Å². The van der Waals surface area contributed by atoms with E-state index in [4.69, 9.17) is 32.7 Å². The minimum Gasteiger partial charge on any atom is -0.379 e. The molecule has 2 N–H and O–H groups in total. The van der Waals surface area contributed by atoms with E-state index in [1.54, 1.807) is 18.2 Å². The number of aromatic nitrogens is 2. The van der Waals surface area contributed by atoms with Crippen LogP contribution >= 0.6 is 23.2 Å². The van der Waals surface area contributed by atoms with Gasteiger partial charge in [0.1, 0.15) is 5.69 Å². The van der Waals surface area contributed by atoms with Gasteiger partial charge < -0.3 is 14.8 Å². The number of H-pyrrole nitrogens is 1. The number of halogens is 5. The molecule has 0 saturated carbocycles. The number of nitrogens with zero attached hydrogens (tertiary/aromatic N) is 1. The molecule has 1 saturated heterocycles. The number of aromatic amines is 1. The van der Waals surface area contributed by atoms with E-state index in [9.17, 15) is 22.8 Å². The maximum atomic E-state index is 13.7. The van der Waals surface area contributed by atoms with Crippen molar-refractivity contribution in [3.63, 3.8) is 0 Å². The molecule has 4 aromatic rings. The summed E-state index contributed by atoms with van der Waals surface area (Å²) in [5.74, 6) is -1.09. The Labute approximate surface area is 242 Å². The van der Waals surface area contributed by atoms with E-state index in [-0.39, 0.29) is 39.2 Å². The van der Waals surface area contributed by atoms with Crippen LogP contribution in [0.1, 0.15) is 43.8 Å². The molecule has 3 aromatic carbocycles. The Morgan fingerprint density at radius 3 is 2.66 bits per heavy atom. The monoisotopic (exact) mass is 603 g/mol. The molecule has 12 heteroatoms. The largest absolute Gasteiger partial charge is 0.417 e.